The molecule has 312 valence electrons. The molecule has 9 nitrogen and oxygen atoms in total. The molecule has 54 heavy (non-hydrogen) atoms. The molecular weight excluding hydrogens is 682 g/mol. The lowest BCUT2D eigenvalue weighted by molar-refractivity contribution is -0.870. The number of carbonyl (C=O) groups is 3. The minimum atomic E-state index is -1.53. The number of carboxylic acids is 1. The number of hydrogen-bond acceptors (Lipinski definition) is 7. The van der Waals surface area contributed by atoms with Crippen molar-refractivity contribution < 1.29 is 42.9 Å². The van der Waals surface area contributed by atoms with Gasteiger partial charge in [-0.3, -0.25) is 9.59 Å². The van der Waals surface area contributed by atoms with E-state index >= 15 is 0 Å². The zero-order valence-electron chi connectivity index (χ0n) is 35.1. The summed E-state index contributed by atoms with van der Waals surface area (Å²) in [5, 5.41) is 9.61. The number of rotatable bonds is 38. The molecule has 1 N–H and O–H groups in total. The minimum Gasteiger partial charge on any atom is -0.477 e. The van der Waals surface area contributed by atoms with E-state index in [4.69, 9.17) is 18.9 Å². The van der Waals surface area contributed by atoms with Crippen LogP contribution >= 0.6 is 0 Å². The lowest BCUT2D eigenvalue weighted by Crippen LogP contribution is -2.40. The van der Waals surface area contributed by atoms with Gasteiger partial charge in [0.05, 0.1) is 34.4 Å². The monoisotopic (exact) mass is 763 g/mol. The van der Waals surface area contributed by atoms with Crippen LogP contribution in [0.15, 0.2) is 48.6 Å². The Labute approximate surface area is 330 Å². The number of allylic oxidation sites excluding steroid dienone is 8. The molecule has 0 bridgehead atoms. The molecule has 2 atom stereocenters. The quantitative estimate of drug-likeness (QED) is 0.0218. The molecule has 2 unspecified atom stereocenters. The third-order valence-electron chi connectivity index (χ3n) is 8.86. The number of nitrogens with zero attached hydrogens (tertiary/aromatic N) is 1. The van der Waals surface area contributed by atoms with E-state index in [1.807, 2.05) is 33.3 Å². The summed E-state index contributed by atoms with van der Waals surface area (Å²) in [4.78, 5) is 37.0. The predicted octanol–water partition coefficient (Wildman–Crippen LogP) is 10.8. The van der Waals surface area contributed by atoms with Gasteiger partial charge in [-0.15, -0.1) is 0 Å². The average Bonchev–Trinajstić information content (AvgIpc) is 3.12. The molecule has 0 aliphatic carbocycles. The summed E-state index contributed by atoms with van der Waals surface area (Å²) in [5.41, 5.74) is 0. The van der Waals surface area contributed by atoms with Gasteiger partial charge >= 0.3 is 17.9 Å². The van der Waals surface area contributed by atoms with Crippen LogP contribution in [0.3, 0.4) is 0 Å². The molecule has 0 aromatic heterocycles. The fourth-order valence-electron chi connectivity index (χ4n) is 5.55. The van der Waals surface area contributed by atoms with Crippen molar-refractivity contribution in [2.75, 3.05) is 47.5 Å². The normalized spacial score (nSPS) is 13.4. The van der Waals surface area contributed by atoms with E-state index in [2.05, 4.69) is 50.3 Å². The largest absolute Gasteiger partial charge is 0.477 e. The molecule has 0 rings (SSSR count). The number of carbonyl (C=O) groups excluding carboxylic acids is 2. The fourth-order valence-corrected chi connectivity index (χ4v) is 5.55. The van der Waals surface area contributed by atoms with E-state index in [0.29, 0.717) is 17.4 Å². The highest BCUT2D eigenvalue weighted by molar-refractivity contribution is 5.71. The molecule has 0 aliphatic heterocycles. The highest BCUT2D eigenvalue weighted by Gasteiger charge is 2.25. The number of hydrogen-bond donors (Lipinski definition) is 1. The molecule has 0 aromatic carbocycles. The van der Waals surface area contributed by atoms with E-state index in [0.717, 1.165) is 44.9 Å². The molecule has 0 saturated carbocycles. The van der Waals surface area contributed by atoms with Gasteiger partial charge in [-0.05, 0) is 38.5 Å². The van der Waals surface area contributed by atoms with Gasteiger partial charge in [0, 0.05) is 12.8 Å². The molecule has 0 radical (unpaired) electrons. The Morgan fingerprint density at radius 1 is 0.574 bits per heavy atom. The molecule has 0 amide bonds. The molecule has 0 aromatic rings. The average molecular weight is 763 g/mol. The van der Waals surface area contributed by atoms with Crippen LogP contribution in [0.1, 0.15) is 162 Å². The summed E-state index contributed by atoms with van der Waals surface area (Å²) in [6, 6.07) is 0. The summed E-state index contributed by atoms with van der Waals surface area (Å²) in [5.74, 6) is -2.12. The van der Waals surface area contributed by atoms with Crippen molar-refractivity contribution in [3.8, 4) is 0 Å². The van der Waals surface area contributed by atoms with Crippen LogP contribution in [-0.4, -0.2) is 87.4 Å². The Morgan fingerprint density at radius 2 is 1.06 bits per heavy atom. The first kappa shape index (κ1) is 51.2. The fraction of sp³-hybridized carbons (Fsp3) is 0.756. The molecule has 0 spiro atoms. The number of likely N-dealkylation sites (N-methyl/N-ethyl adjacent to an activating group) is 1. The highest BCUT2D eigenvalue weighted by atomic mass is 16.7. The first-order chi connectivity index (χ1) is 26.1. The van der Waals surface area contributed by atoms with Crippen LogP contribution < -0.4 is 0 Å². The zero-order valence-corrected chi connectivity index (χ0v) is 35.1. The topological polar surface area (TPSA) is 108 Å². The number of unbranched alkanes of at least 4 members (excludes halogenated alkanes) is 15. The van der Waals surface area contributed by atoms with Gasteiger partial charge in [0.15, 0.2) is 6.10 Å². The maximum Gasteiger partial charge on any atom is 0.361 e. The standard InChI is InChI=1S/C45H79NO8/c1-6-8-10-12-14-16-18-20-21-22-24-25-27-29-31-33-35-42(47)52-39-41(40-53-45(44(49)50)51-38-37-46(3,4)5)54-43(48)36-34-32-30-28-26-23-19-17-15-13-11-9-7-2/h9,11,15,17,23,26,30,32,41,45H,6-8,10,12-14,16,18-22,24-25,27-29,31,33-40H2,1-5H3/p+1/b11-9-,17-15-,26-23-,32-30-. The number of quaternary nitrogens is 1. The van der Waals surface area contributed by atoms with Gasteiger partial charge in [0.25, 0.3) is 6.29 Å². The van der Waals surface area contributed by atoms with Gasteiger partial charge in [-0.2, -0.15) is 0 Å². The second-order valence-corrected chi connectivity index (χ2v) is 15.3. The molecular formula is C45H80NO8+. The van der Waals surface area contributed by atoms with Crippen LogP contribution in [0.4, 0.5) is 0 Å². The van der Waals surface area contributed by atoms with Gasteiger partial charge in [0.2, 0.25) is 0 Å². The molecule has 0 heterocycles. The Bertz CT molecular complexity index is 1030. The first-order valence-corrected chi connectivity index (χ1v) is 21.3. The van der Waals surface area contributed by atoms with Crippen molar-refractivity contribution in [3.63, 3.8) is 0 Å². The van der Waals surface area contributed by atoms with Crippen molar-refractivity contribution in [2.45, 2.75) is 174 Å². The van der Waals surface area contributed by atoms with Crippen LogP contribution in [0.2, 0.25) is 0 Å². The first-order valence-electron chi connectivity index (χ1n) is 21.3. The van der Waals surface area contributed by atoms with Crippen LogP contribution in [0, 0.1) is 0 Å². The third kappa shape index (κ3) is 37.6. The summed E-state index contributed by atoms with van der Waals surface area (Å²) in [7, 11) is 5.92. The van der Waals surface area contributed by atoms with Gasteiger partial charge in [-0.1, -0.05) is 159 Å². The number of carboxylic acid groups (broad SMARTS) is 1. The lowest BCUT2D eigenvalue weighted by Gasteiger charge is -2.25. The van der Waals surface area contributed by atoms with Crippen molar-refractivity contribution in [1.29, 1.82) is 0 Å². The van der Waals surface area contributed by atoms with Crippen LogP contribution in [0.5, 0.6) is 0 Å². The Hall–Kier alpha value is -2.75. The zero-order chi connectivity index (χ0) is 40.0. The Kier molecular flexibility index (Phi) is 35.3. The summed E-state index contributed by atoms with van der Waals surface area (Å²) >= 11 is 0. The van der Waals surface area contributed by atoms with Crippen molar-refractivity contribution in [3.05, 3.63) is 48.6 Å². The van der Waals surface area contributed by atoms with Crippen molar-refractivity contribution in [2.24, 2.45) is 0 Å². The van der Waals surface area contributed by atoms with E-state index in [1.165, 1.54) is 83.5 Å². The smallest absolute Gasteiger partial charge is 0.361 e. The van der Waals surface area contributed by atoms with Crippen LogP contribution in [0.25, 0.3) is 0 Å². The molecule has 9 heteroatoms. The van der Waals surface area contributed by atoms with E-state index in [-0.39, 0.29) is 38.6 Å². The Balaban J connectivity index is 4.53. The van der Waals surface area contributed by atoms with Crippen molar-refractivity contribution in [1.82, 2.24) is 0 Å². The highest BCUT2D eigenvalue weighted by Crippen LogP contribution is 2.14. The predicted molar refractivity (Wildman–Crippen MR) is 221 cm³/mol. The number of ether oxygens (including phenoxy) is 4. The third-order valence-corrected chi connectivity index (χ3v) is 8.86. The molecule has 0 fully saturated rings. The maximum atomic E-state index is 12.7. The molecule has 0 aliphatic rings. The van der Waals surface area contributed by atoms with E-state index in [1.54, 1.807) is 0 Å². The maximum absolute atomic E-state index is 12.7. The minimum absolute atomic E-state index is 0.139. The van der Waals surface area contributed by atoms with Crippen molar-refractivity contribution >= 4 is 17.9 Å². The number of esters is 2. The van der Waals surface area contributed by atoms with Gasteiger partial charge in [0.1, 0.15) is 13.2 Å². The van der Waals surface area contributed by atoms with Gasteiger partial charge < -0.3 is 28.5 Å². The molecule has 0 saturated heterocycles. The summed E-state index contributed by atoms with van der Waals surface area (Å²) in [6.45, 7) is 4.66. The van der Waals surface area contributed by atoms with Crippen LogP contribution in [-0.2, 0) is 33.3 Å². The summed E-state index contributed by atoms with van der Waals surface area (Å²) in [6.07, 6.45) is 39.0. The Morgan fingerprint density at radius 3 is 1.54 bits per heavy atom. The van der Waals surface area contributed by atoms with E-state index in [9.17, 15) is 19.5 Å². The van der Waals surface area contributed by atoms with Gasteiger partial charge in [-0.25, -0.2) is 4.79 Å². The SMILES string of the molecule is CC/C=C\C/C=C\C/C=C\C/C=C\CCC(=O)OC(COC(=O)CCCCCCCCCCCCCCCCCC)COC(OCC[N+](C)(C)C)C(=O)O. The number of aliphatic carboxylic acids is 1. The van der Waals surface area contributed by atoms with E-state index < -0.39 is 24.3 Å². The lowest BCUT2D eigenvalue weighted by atomic mass is 10.0. The second kappa shape index (κ2) is 37.2. The second-order valence-electron chi connectivity index (χ2n) is 15.3. The summed E-state index contributed by atoms with van der Waals surface area (Å²) < 4.78 is 22.6.